The van der Waals surface area contributed by atoms with Crippen LogP contribution in [0, 0.1) is 0 Å². The van der Waals surface area contributed by atoms with Gasteiger partial charge in [0.25, 0.3) is 11.8 Å². The number of thiazole rings is 1. The lowest BCUT2D eigenvalue weighted by atomic mass is 10.2. The Hall–Kier alpha value is -3.65. The number of halogens is 4. The summed E-state index contributed by atoms with van der Waals surface area (Å²) in [5.41, 5.74) is -1.14. The summed E-state index contributed by atoms with van der Waals surface area (Å²) < 4.78 is 39.0. The number of hydrogen-bond acceptors (Lipinski definition) is 8. The van der Waals surface area contributed by atoms with E-state index in [0.717, 1.165) is 23.9 Å². The first kappa shape index (κ1) is 25.0. The lowest BCUT2D eigenvalue weighted by Gasteiger charge is -2.11. The number of pyridine rings is 1. The second-order valence-electron chi connectivity index (χ2n) is 6.73. The van der Waals surface area contributed by atoms with Gasteiger partial charge in [0.2, 0.25) is 5.91 Å². The first-order valence-electron chi connectivity index (χ1n) is 9.34. The van der Waals surface area contributed by atoms with Crippen LogP contribution in [-0.2, 0) is 11.0 Å². The van der Waals surface area contributed by atoms with Gasteiger partial charge in [0, 0.05) is 19.2 Å². The fraction of sp³-hybridized carbons (Fsp3) is 0.211. The summed E-state index contributed by atoms with van der Waals surface area (Å²) in [6.45, 7) is 2.91. The maximum absolute atomic E-state index is 13.0. The third kappa shape index (κ3) is 6.23. The summed E-state index contributed by atoms with van der Waals surface area (Å²) in [6.07, 6.45) is -1.58. The average molecular weight is 514 g/mol. The molecule has 0 bridgehead atoms. The lowest BCUT2D eigenvalue weighted by molar-refractivity contribution is -0.137. The normalized spacial score (nSPS) is 12.1. The quantitative estimate of drug-likeness (QED) is 0.456. The first-order valence-corrected chi connectivity index (χ1v) is 10.5. The maximum atomic E-state index is 13.0. The second-order valence-corrected chi connectivity index (χ2v) is 8.20. The third-order valence-corrected chi connectivity index (χ3v) is 5.55. The summed E-state index contributed by atoms with van der Waals surface area (Å²) >= 11 is 6.45. The van der Waals surface area contributed by atoms with Crippen molar-refractivity contribution < 1.29 is 27.6 Å². The summed E-state index contributed by atoms with van der Waals surface area (Å²) in [4.78, 5) is 51.6. The molecule has 0 saturated carbocycles. The Bertz CT molecular complexity index is 1250. The van der Waals surface area contributed by atoms with E-state index in [-0.39, 0.29) is 28.1 Å². The zero-order valence-electron chi connectivity index (χ0n) is 17.4. The van der Waals surface area contributed by atoms with Gasteiger partial charge < -0.3 is 16.0 Å². The van der Waals surface area contributed by atoms with Gasteiger partial charge in [0.05, 0.1) is 22.8 Å². The van der Waals surface area contributed by atoms with Crippen molar-refractivity contribution in [1.82, 2.24) is 25.3 Å². The van der Waals surface area contributed by atoms with Gasteiger partial charge in [-0.3, -0.25) is 14.4 Å². The smallest absolute Gasteiger partial charge is 0.342 e. The molecule has 0 aliphatic carbocycles. The van der Waals surface area contributed by atoms with Crippen molar-refractivity contribution in [2.75, 3.05) is 10.6 Å². The highest BCUT2D eigenvalue weighted by atomic mass is 35.5. The average Bonchev–Trinajstić information content (AvgIpc) is 3.24. The van der Waals surface area contributed by atoms with E-state index in [0.29, 0.717) is 11.1 Å². The van der Waals surface area contributed by atoms with Crippen LogP contribution >= 0.6 is 22.9 Å². The molecule has 0 saturated heterocycles. The molecule has 1 unspecified atom stereocenters. The van der Waals surface area contributed by atoms with Gasteiger partial charge >= 0.3 is 6.18 Å². The largest absolute Gasteiger partial charge is 0.418 e. The van der Waals surface area contributed by atoms with E-state index in [2.05, 4.69) is 35.9 Å². The minimum absolute atomic E-state index is 0.00518. The molecule has 0 aliphatic heterocycles. The highest BCUT2D eigenvalue weighted by molar-refractivity contribution is 7.13. The number of nitrogens with zero attached hydrogens (tertiary/aromatic N) is 4. The van der Waals surface area contributed by atoms with Gasteiger partial charge in [-0.2, -0.15) is 13.2 Å². The molecular formula is C19H15ClF3N7O3S. The number of rotatable bonds is 6. The fourth-order valence-corrected chi connectivity index (χ4v) is 3.58. The predicted octanol–water partition coefficient (Wildman–Crippen LogP) is 3.70. The summed E-state index contributed by atoms with van der Waals surface area (Å²) in [5.74, 6) is -1.86. The molecule has 3 aromatic heterocycles. The molecule has 3 aromatic rings. The van der Waals surface area contributed by atoms with E-state index < -0.39 is 34.6 Å². The maximum Gasteiger partial charge on any atom is 0.418 e. The molecule has 15 heteroatoms. The monoisotopic (exact) mass is 513 g/mol. The highest BCUT2D eigenvalue weighted by Gasteiger charge is 2.34. The summed E-state index contributed by atoms with van der Waals surface area (Å²) in [7, 11) is 0. The number of carbonyl (C=O) groups is 3. The van der Waals surface area contributed by atoms with Crippen LogP contribution in [0.15, 0.2) is 30.9 Å². The van der Waals surface area contributed by atoms with Crippen LogP contribution in [0.4, 0.5) is 24.8 Å². The van der Waals surface area contributed by atoms with Crippen molar-refractivity contribution in [3.8, 4) is 0 Å². The van der Waals surface area contributed by atoms with Crippen molar-refractivity contribution in [3.63, 3.8) is 0 Å². The van der Waals surface area contributed by atoms with E-state index in [9.17, 15) is 27.6 Å². The third-order valence-electron chi connectivity index (χ3n) is 4.07. The van der Waals surface area contributed by atoms with E-state index in [1.807, 2.05) is 0 Å². The molecule has 34 heavy (non-hydrogen) atoms. The van der Waals surface area contributed by atoms with Crippen LogP contribution in [-0.4, -0.2) is 37.7 Å². The zero-order valence-corrected chi connectivity index (χ0v) is 19.0. The number of hydrogen-bond donors (Lipinski definition) is 3. The SMILES string of the molecule is CC(=O)Nc1cc(C(=O)NC(C)c2ncc(C(=O)Nc3cc(C(F)(F)F)c(Cl)cn3)s2)ncn1. The molecule has 3 N–H and O–H groups in total. The van der Waals surface area contributed by atoms with Gasteiger partial charge in [0.1, 0.15) is 33.5 Å². The molecule has 10 nitrogen and oxygen atoms in total. The summed E-state index contributed by atoms with van der Waals surface area (Å²) in [5, 5.41) is 7.11. The van der Waals surface area contributed by atoms with Crippen molar-refractivity contribution >= 4 is 52.3 Å². The Balaban J connectivity index is 1.67. The van der Waals surface area contributed by atoms with Crippen LogP contribution < -0.4 is 16.0 Å². The Morgan fingerprint density at radius 2 is 1.71 bits per heavy atom. The van der Waals surface area contributed by atoms with E-state index in [4.69, 9.17) is 11.6 Å². The molecule has 3 rings (SSSR count). The molecule has 1 atom stereocenters. The van der Waals surface area contributed by atoms with E-state index >= 15 is 0 Å². The molecule has 0 radical (unpaired) electrons. The van der Waals surface area contributed by atoms with Crippen molar-refractivity contribution in [3.05, 3.63) is 57.0 Å². The fourth-order valence-electron chi connectivity index (χ4n) is 2.56. The number of amides is 3. The Morgan fingerprint density at radius 1 is 1.00 bits per heavy atom. The first-order chi connectivity index (χ1) is 15.9. The number of aromatic nitrogens is 4. The Morgan fingerprint density at radius 3 is 2.38 bits per heavy atom. The van der Waals surface area contributed by atoms with E-state index in [1.54, 1.807) is 6.92 Å². The van der Waals surface area contributed by atoms with Gasteiger partial charge in [0.15, 0.2) is 0 Å². The highest BCUT2D eigenvalue weighted by Crippen LogP contribution is 2.35. The molecule has 0 aromatic carbocycles. The van der Waals surface area contributed by atoms with Crippen LogP contribution in [0.25, 0.3) is 0 Å². The molecule has 3 amide bonds. The minimum atomic E-state index is -4.71. The van der Waals surface area contributed by atoms with Crippen LogP contribution in [0.1, 0.15) is 50.6 Å². The molecule has 0 aliphatic rings. The number of carbonyl (C=O) groups excluding carboxylic acids is 3. The van der Waals surface area contributed by atoms with Gasteiger partial charge in [-0.25, -0.2) is 19.9 Å². The number of anilines is 2. The standard InChI is InChI=1S/C19H15ClF3N7O3S/c1-8(28-16(32)12-4-15(27-7-26-12)29-9(2)31)18-25-6-13(34-18)17(33)30-14-3-10(19(21,22)23)11(20)5-24-14/h3-8H,1-2H3,(H,28,32)(H,24,30,33)(H,26,27,29,31). The van der Waals surface area contributed by atoms with Crippen molar-refractivity contribution in [1.29, 1.82) is 0 Å². The molecular weight excluding hydrogens is 499 g/mol. The topological polar surface area (TPSA) is 139 Å². The van der Waals surface area contributed by atoms with Gasteiger partial charge in [-0.15, -0.1) is 11.3 Å². The van der Waals surface area contributed by atoms with Crippen LogP contribution in [0.5, 0.6) is 0 Å². The van der Waals surface area contributed by atoms with Crippen molar-refractivity contribution in [2.45, 2.75) is 26.1 Å². The van der Waals surface area contributed by atoms with Crippen LogP contribution in [0.3, 0.4) is 0 Å². The van der Waals surface area contributed by atoms with Crippen LogP contribution in [0.2, 0.25) is 5.02 Å². The molecule has 0 spiro atoms. The lowest BCUT2D eigenvalue weighted by Crippen LogP contribution is -2.27. The minimum Gasteiger partial charge on any atom is -0.342 e. The molecule has 3 heterocycles. The van der Waals surface area contributed by atoms with Crippen molar-refractivity contribution in [2.24, 2.45) is 0 Å². The number of nitrogens with one attached hydrogen (secondary N) is 3. The number of alkyl halides is 3. The predicted molar refractivity (Wildman–Crippen MR) is 117 cm³/mol. The molecule has 178 valence electrons. The van der Waals surface area contributed by atoms with E-state index in [1.165, 1.54) is 19.2 Å². The summed E-state index contributed by atoms with van der Waals surface area (Å²) in [6, 6.07) is 1.28. The Labute approximate surface area is 199 Å². The van der Waals surface area contributed by atoms with Gasteiger partial charge in [-0.1, -0.05) is 11.6 Å². The van der Waals surface area contributed by atoms with Gasteiger partial charge in [-0.05, 0) is 13.0 Å². The Kier molecular flexibility index (Phi) is 7.41. The molecule has 0 fully saturated rings. The zero-order chi connectivity index (χ0) is 25.0. The second kappa shape index (κ2) is 10.1.